The van der Waals surface area contributed by atoms with Crippen LogP contribution in [-0.2, 0) is 11.2 Å². The van der Waals surface area contributed by atoms with Crippen molar-refractivity contribution in [2.45, 2.75) is 32.7 Å². The first-order chi connectivity index (χ1) is 12.1. The molecule has 0 aliphatic carbocycles. The van der Waals surface area contributed by atoms with Crippen LogP contribution in [0, 0.1) is 0 Å². The van der Waals surface area contributed by atoms with E-state index in [4.69, 9.17) is 4.74 Å². The van der Waals surface area contributed by atoms with Crippen molar-refractivity contribution in [2.75, 3.05) is 7.11 Å². The molecule has 0 aliphatic heterocycles. The number of nitrogens with one attached hydrogen (secondary N) is 2. The number of rotatable bonds is 6. The molecule has 0 radical (unpaired) electrons. The van der Waals surface area contributed by atoms with Gasteiger partial charge in [0.2, 0.25) is 5.91 Å². The van der Waals surface area contributed by atoms with E-state index in [1.165, 1.54) is 5.56 Å². The number of amides is 1. The van der Waals surface area contributed by atoms with Gasteiger partial charge in [0.15, 0.2) is 0 Å². The van der Waals surface area contributed by atoms with Crippen LogP contribution in [0.3, 0.4) is 0 Å². The Kier molecular flexibility index (Phi) is 5.08. The van der Waals surface area contributed by atoms with E-state index in [1.807, 2.05) is 38.1 Å². The van der Waals surface area contributed by atoms with Crippen molar-refractivity contribution in [3.8, 4) is 5.75 Å². The fourth-order valence-corrected chi connectivity index (χ4v) is 3.22. The van der Waals surface area contributed by atoms with Gasteiger partial charge in [-0.3, -0.25) is 4.79 Å². The number of H-pyrrole nitrogens is 1. The molecule has 1 amide bonds. The Morgan fingerprint density at radius 2 is 1.88 bits per heavy atom. The second-order valence-corrected chi connectivity index (χ2v) is 6.23. The lowest BCUT2D eigenvalue weighted by Gasteiger charge is -2.15. The van der Waals surface area contributed by atoms with Crippen LogP contribution < -0.4 is 10.1 Å². The number of ether oxygens (including phenoxy) is 1. The molecule has 0 aliphatic rings. The van der Waals surface area contributed by atoms with Crippen LogP contribution in [0.25, 0.3) is 10.9 Å². The van der Waals surface area contributed by atoms with Crippen molar-refractivity contribution in [2.24, 2.45) is 0 Å². The zero-order valence-electron chi connectivity index (χ0n) is 14.9. The number of carbonyl (C=O) groups is 1. The lowest BCUT2D eigenvalue weighted by molar-refractivity contribution is -0.121. The van der Waals surface area contributed by atoms with Crippen molar-refractivity contribution in [3.63, 3.8) is 0 Å². The monoisotopic (exact) mass is 336 g/mol. The van der Waals surface area contributed by atoms with Crippen molar-refractivity contribution < 1.29 is 9.53 Å². The topological polar surface area (TPSA) is 54.1 Å². The number of methoxy groups -OCH3 is 1. The third-order valence-electron chi connectivity index (χ3n) is 4.50. The van der Waals surface area contributed by atoms with Crippen molar-refractivity contribution >= 4 is 16.8 Å². The maximum atomic E-state index is 11.9. The maximum Gasteiger partial charge on any atom is 0.220 e. The third kappa shape index (κ3) is 3.68. The molecule has 3 rings (SSSR count). The highest BCUT2D eigenvalue weighted by Crippen LogP contribution is 2.30. The second-order valence-electron chi connectivity index (χ2n) is 6.23. The largest absolute Gasteiger partial charge is 0.497 e. The van der Waals surface area contributed by atoms with Crippen LogP contribution >= 0.6 is 0 Å². The normalized spacial score (nSPS) is 12.1. The van der Waals surface area contributed by atoms with Gasteiger partial charge in [0.05, 0.1) is 13.2 Å². The lowest BCUT2D eigenvalue weighted by atomic mass is 9.99. The molecule has 4 nitrogen and oxygen atoms in total. The Bertz CT molecular complexity index is 865. The van der Waals surface area contributed by atoms with Gasteiger partial charge in [0.1, 0.15) is 5.75 Å². The Hall–Kier alpha value is -2.75. The van der Waals surface area contributed by atoms with Gasteiger partial charge < -0.3 is 15.0 Å². The van der Waals surface area contributed by atoms with Gasteiger partial charge in [-0.05, 0) is 30.7 Å². The fourth-order valence-electron chi connectivity index (χ4n) is 3.22. The smallest absolute Gasteiger partial charge is 0.220 e. The number of benzene rings is 2. The molecule has 1 unspecified atom stereocenters. The minimum absolute atomic E-state index is 0.0446. The Labute approximate surface area is 148 Å². The van der Waals surface area contributed by atoms with Gasteiger partial charge in [-0.15, -0.1) is 0 Å². The summed E-state index contributed by atoms with van der Waals surface area (Å²) in [6.07, 6.45) is 1.26. The minimum atomic E-state index is -0.0446. The van der Waals surface area contributed by atoms with Crippen molar-refractivity contribution in [1.82, 2.24) is 10.3 Å². The summed E-state index contributed by atoms with van der Waals surface area (Å²) in [7, 11) is 1.67. The molecule has 3 aromatic rings. The molecule has 1 atom stereocenters. The summed E-state index contributed by atoms with van der Waals surface area (Å²) in [5.74, 6) is 0.914. The quantitative estimate of drug-likeness (QED) is 0.703. The zero-order valence-corrected chi connectivity index (χ0v) is 14.9. The fraction of sp³-hybridized carbons (Fsp3) is 0.286. The minimum Gasteiger partial charge on any atom is -0.497 e. The Balaban J connectivity index is 1.98. The van der Waals surface area contributed by atoms with Gasteiger partial charge in [-0.1, -0.05) is 37.3 Å². The van der Waals surface area contributed by atoms with Crippen LogP contribution in [0.5, 0.6) is 5.75 Å². The van der Waals surface area contributed by atoms with Crippen LogP contribution in [0.15, 0.2) is 48.5 Å². The molecule has 2 aromatic carbocycles. The Morgan fingerprint density at radius 3 is 2.56 bits per heavy atom. The molecule has 0 bridgehead atoms. The summed E-state index contributed by atoms with van der Waals surface area (Å²) in [6.45, 7) is 3.91. The van der Waals surface area contributed by atoms with Crippen LogP contribution in [0.2, 0.25) is 0 Å². The summed E-state index contributed by atoms with van der Waals surface area (Å²) >= 11 is 0. The Morgan fingerprint density at radius 1 is 1.16 bits per heavy atom. The zero-order chi connectivity index (χ0) is 17.8. The number of carbonyl (C=O) groups excluding carboxylic acids is 1. The van der Waals surface area contributed by atoms with E-state index < -0.39 is 0 Å². The molecule has 130 valence electrons. The van der Waals surface area contributed by atoms with E-state index in [0.717, 1.165) is 34.3 Å². The molecule has 0 spiro atoms. The highest BCUT2D eigenvalue weighted by molar-refractivity contribution is 5.86. The highest BCUT2D eigenvalue weighted by Gasteiger charge is 2.18. The predicted molar refractivity (Wildman–Crippen MR) is 101 cm³/mol. The second kappa shape index (κ2) is 7.43. The van der Waals surface area contributed by atoms with Gasteiger partial charge in [-0.2, -0.15) is 0 Å². The molecule has 1 heterocycles. The first-order valence-electron chi connectivity index (χ1n) is 8.64. The highest BCUT2D eigenvalue weighted by atomic mass is 16.5. The van der Waals surface area contributed by atoms with E-state index in [2.05, 4.69) is 34.6 Å². The average molecular weight is 336 g/mol. The molecular formula is C21H24N2O2. The van der Waals surface area contributed by atoms with E-state index in [-0.39, 0.29) is 11.9 Å². The molecule has 0 fully saturated rings. The number of fused-ring (bicyclic) bond motifs is 1. The molecule has 0 saturated heterocycles. The maximum absolute atomic E-state index is 11.9. The van der Waals surface area contributed by atoms with Gasteiger partial charge >= 0.3 is 0 Å². The lowest BCUT2D eigenvalue weighted by Crippen LogP contribution is -2.26. The van der Waals surface area contributed by atoms with Crippen molar-refractivity contribution in [1.29, 1.82) is 0 Å². The molecule has 25 heavy (non-hydrogen) atoms. The summed E-state index contributed by atoms with van der Waals surface area (Å²) in [5, 5.41) is 4.25. The molecule has 1 aromatic heterocycles. The van der Waals surface area contributed by atoms with Crippen LogP contribution in [0.1, 0.15) is 43.1 Å². The molecule has 0 saturated carbocycles. The summed E-state index contributed by atoms with van der Waals surface area (Å²) in [4.78, 5) is 15.4. The summed E-state index contributed by atoms with van der Waals surface area (Å²) in [5.41, 5.74) is 4.59. The van der Waals surface area contributed by atoms with E-state index >= 15 is 0 Å². The van der Waals surface area contributed by atoms with Gasteiger partial charge in [0.25, 0.3) is 0 Å². The average Bonchev–Trinajstić information content (AvgIpc) is 3.00. The number of hydrogen-bond acceptors (Lipinski definition) is 2. The van der Waals surface area contributed by atoms with E-state index in [0.29, 0.717) is 6.42 Å². The molecule has 2 N–H and O–H groups in total. The van der Waals surface area contributed by atoms with Gasteiger partial charge in [0, 0.05) is 35.0 Å². The molecule has 4 heteroatoms. The third-order valence-corrected chi connectivity index (χ3v) is 4.50. The standard InChI is InChI=1S/C21H24N2O2/c1-4-20(24)22-14(2)21-17-7-5-6-8-18(17)23-19(21)13-15-9-11-16(25-3)12-10-15/h5-12,14,23H,4,13H2,1-3H3,(H,22,24). The number of aromatic amines is 1. The molecular weight excluding hydrogens is 312 g/mol. The first kappa shape index (κ1) is 17.1. The summed E-state index contributed by atoms with van der Waals surface area (Å²) < 4.78 is 5.23. The number of aromatic nitrogens is 1. The summed E-state index contributed by atoms with van der Waals surface area (Å²) in [6, 6.07) is 16.3. The number of para-hydroxylation sites is 1. The first-order valence-corrected chi connectivity index (χ1v) is 8.64. The SMILES string of the molecule is CCC(=O)NC(C)c1c(Cc2ccc(OC)cc2)[nH]c2ccccc12. The van der Waals surface area contributed by atoms with Crippen LogP contribution in [0.4, 0.5) is 0 Å². The van der Waals surface area contributed by atoms with E-state index in [9.17, 15) is 4.79 Å². The predicted octanol–water partition coefficient (Wildman–Crippen LogP) is 4.35. The van der Waals surface area contributed by atoms with Crippen LogP contribution in [-0.4, -0.2) is 18.0 Å². The van der Waals surface area contributed by atoms with E-state index in [1.54, 1.807) is 7.11 Å². The number of hydrogen-bond donors (Lipinski definition) is 2. The van der Waals surface area contributed by atoms with Crippen molar-refractivity contribution in [3.05, 3.63) is 65.4 Å². The van der Waals surface area contributed by atoms with Gasteiger partial charge in [-0.25, -0.2) is 0 Å².